The first-order valence-electron chi connectivity index (χ1n) is 8.44. The molecule has 0 aromatic carbocycles. The molecule has 7 nitrogen and oxygen atoms in total. The van der Waals surface area contributed by atoms with Gasteiger partial charge in [0.15, 0.2) is 0 Å². The molecule has 136 valence electrons. The number of carboxylic acids is 2. The van der Waals surface area contributed by atoms with Gasteiger partial charge in [-0.2, -0.15) is 0 Å². The summed E-state index contributed by atoms with van der Waals surface area (Å²) in [5.74, 6) is -2.67. The fourth-order valence-corrected chi connectivity index (χ4v) is 3.39. The van der Waals surface area contributed by atoms with Crippen LogP contribution in [0.3, 0.4) is 0 Å². The summed E-state index contributed by atoms with van der Waals surface area (Å²) in [6.07, 6.45) is 3.72. The summed E-state index contributed by atoms with van der Waals surface area (Å²) in [5, 5.41) is 17.5. The van der Waals surface area contributed by atoms with Crippen LogP contribution in [0.25, 0.3) is 0 Å². The number of carbonyl (C=O) groups is 4. The van der Waals surface area contributed by atoms with E-state index in [1.54, 1.807) is 0 Å². The van der Waals surface area contributed by atoms with Crippen molar-refractivity contribution >= 4 is 23.7 Å². The minimum absolute atomic E-state index is 0.0298. The maximum Gasteiger partial charge on any atom is 0.303 e. The lowest BCUT2D eigenvalue weighted by molar-refractivity contribution is -0.148. The smallest absolute Gasteiger partial charge is 0.303 e. The summed E-state index contributed by atoms with van der Waals surface area (Å²) in [7, 11) is 0. The second-order valence-electron chi connectivity index (χ2n) is 6.37. The molecule has 24 heavy (non-hydrogen) atoms. The Labute approximate surface area is 141 Å². The number of esters is 1. The van der Waals surface area contributed by atoms with Crippen molar-refractivity contribution in [3.63, 3.8) is 0 Å². The lowest BCUT2D eigenvalue weighted by Crippen LogP contribution is -2.25. The van der Waals surface area contributed by atoms with E-state index in [1.165, 1.54) is 6.92 Å². The Kier molecular flexibility index (Phi) is 8.43. The maximum absolute atomic E-state index is 12.2. The summed E-state index contributed by atoms with van der Waals surface area (Å²) in [4.78, 5) is 44.7. The van der Waals surface area contributed by atoms with E-state index in [0.717, 1.165) is 19.3 Å². The zero-order chi connectivity index (χ0) is 18.1. The Morgan fingerprint density at radius 2 is 1.62 bits per heavy atom. The number of carbonyl (C=O) groups excluding carboxylic acids is 2. The molecular weight excluding hydrogens is 316 g/mol. The van der Waals surface area contributed by atoms with Gasteiger partial charge < -0.3 is 14.9 Å². The zero-order valence-corrected chi connectivity index (χ0v) is 14.0. The van der Waals surface area contributed by atoms with Crippen LogP contribution in [0.2, 0.25) is 0 Å². The van der Waals surface area contributed by atoms with E-state index in [2.05, 4.69) is 0 Å². The molecule has 3 unspecified atom stereocenters. The molecule has 0 aromatic heterocycles. The van der Waals surface area contributed by atoms with E-state index >= 15 is 0 Å². The van der Waals surface area contributed by atoms with E-state index in [-0.39, 0.29) is 36.9 Å². The van der Waals surface area contributed by atoms with Crippen LogP contribution in [0.1, 0.15) is 64.7 Å². The van der Waals surface area contributed by atoms with E-state index in [0.29, 0.717) is 19.3 Å². The van der Waals surface area contributed by atoms with Crippen molar-refractivity contribution in [3.8, 4) is 0 Å². The second kappa shape index (κ2) is 10.1. The fourth-order valence-electron chi connectivity index (χ4n) is 3.39. The highest BCUT2D eigenvalue weighted by molar-refractivity contribution is 5.85. The summed E-state index contributed by atoms with van der Waals surface area (Å²) < 4.78 is 5.21. The largest absolute Gasteiger partial charge is 0.481 e. The molecule has 0 radical (unpaired) electrons. The van der Waals surface area contributed by atoms with Crippen molar-refractivity contribution in [2.24, 2.45) is 11.8 Å². The first-order chi connectivity index (χ1) is 11.3. The predicted molar refractivity (Wildman–Crippen MR) is 84.4 cm³/mol. The van der Waals surface area contributed by atoms with E-state index in [4.69, 9.17) is 14.9 Å². The Balaban J connectivity index is 2.50. The van der Waals surface area contributed by atoms with E-state index in [9.17, 15) is 19.2 Å². The van der Waals surface area contributed by atoms with Gasteiger partial charge in [-0.15, -0.1) is 0 Å². The molecule has 0 spiro atoms. The Hall–Kier alpha value is -1.92. The summed E-state index contributed by atoms with van der Waals surface area (Å²) in [6.45, 7) is 1.29. The second-order valence-corrected chi connectivity index (χ2v) is 6.37. The highest BCUT2D eigenvalue weighted by Gasteiger charge is 2.43. The number of aliphatic carboxylic acids is 2. The van der Waals surface area contributed by atoms with Crippen molar-refractivity contribution in [3.05, 3.63) is 0 Å². The minimum atomic E-state index is -0.927. The number of ether oxygens (including phenoxy) is 1. The maximum atomic E-state index is 12.2. The molecule has 1 fully saturated rings. The summed E-state index contributed by atoms with van der Waals surface area (Å²) in [6, 6.07) is 0. The molecule has 0 aliphatic heterocycles. The molecule has 1 rings (SSSR count). The Morgan fingerprint density at radius 3 is 2.21 bits per heavy atom. The number of ketones is 1. The lowest BCUT2D eigenvalue weighted by atomic mass is 9.86. The van der Waals surface area contributed by atoms with Crippen LogP contribution in [-0.2, 0) is 23.9 Å². The predicted octanol–water partition coefficient (Wildman–Crippen LogP) is 2.41. The fraction of sp³-hybridized carbons (Fsp3) is 0.765. The monoisotopic (exact) mass is 342 g/mol. The number of unbranched alkanes of at least 4 members (excludes halogenated alkanes) is 3. The van der Waals surface area contributed by atoms with Crippen LogP contribution in [0, 0.1) is 11.8 Å². The molecule has 7 heteroatoms. The number of hydrogen-bond acceptors (Lipinski definition) is 5. The molecule has 0 heterocycles. The quantitative estimate of drug-likeness (QED) is 0.437. The van der Waals surface area contributed by atoms with E-state index < -0.39 is 24.0 Å². The zero-order valence-electron chi connectivity index (χ0n) is 14.0. The summed E-state index contributed by atoms with van der Waals surface area (Å²) in [5.41, 5.74) is 0. The molecule has 2 N–H and O–H groups in total. The van der Waals surface area contributed by atoms with Gasteiger partial charge in [0.2, 0.25) is 0 Å². The third kappa shape index (κ3) is 7.10. The third-order valence-electron chi connectivity index (χ3n) is 4.47. The number of carboxylic acid groups (broad SMARTS) is 2. The molecule has 0 aromatic rings. The third-order valence-corrected chi connectivity index (χ3v) is 4.47. The lowest BCUT2D eigenvalue weighted by Gasteiger charge is -2.23. The molecule has 1 aliphatic rings. The molecule has 0 amide bonds. The molecule has 3 atom stereocenters. The van der Waals surface area contributed by atoms with Gasteiger partial charge in [0, 0.05) is 38.0 Å². The molecular formula is C17H26O7. The molecule has 0 saturated heterocycles. The SMILES string of the molecule is CC(=O)OC1CC(=O)C(CCCCCCC(=O)O)C1CCC(=O)O. The van der Waals surface area contributed by atoms with Crippen molar-refractivity contribution in [2.75, 3.05) is 0 Å². The van der Waals surface area contributed by atoms with Gasteiger partial charge >= 0.3 is 17.9 Å². The van der Waals surface area contributed by atoms with Crippen molar-refractivity contribution in [1.82, 2.24) is 0 Å². The highest BCUT2D eigenvalue weighted by atomic mass is 16.5. The van der Waals surface area contributed by atoms with Gasteiger partial charge in [-0.05, 0) is 19.3 Å². The summed E-state index contributed by atoms with van der Waals surface area (Å²) >= 11 is 0. The minimum Gasteiger partial charge on any atom is -0.481 e. The van der Waals surface area contributed by atoms with Crippen LogP contribution in [0.15, 0.2) is 0 Å². The van der Waals surface area contributed by atoms with Crippen molar-refractivity contribution in [2.45, 2.75) is 70.8 Å². The Morgan fingerprint density at radius 1 is 1.00 bits per heavy atom. The van der Waals surface area contributed by atoms with E-state index in [1.807, 2.05) is 0 Å². The normalized spacial score (nSPS) is 23.2. The van der Waals surface area contributed by atoms with Gasteiger partial charge in [-0.1, -0.05) is 19.3 Å². The van der Waals surface area contributed by atoms with Crippen LogP contribution in [0.5, 0.6) is 0 Å². The number of Topliss-reactive ketones (excluding diaryl/α,β-unsaturated/α-hetero) is 1. The molecule has 0 bridgehead atoms. The van der Waals surface area contributed by atoms with Gasteiger partial charge in [0.05, 0.1) is 0 Å². The van der Waals surface area contributed by atoms with Crippen LogP contribution >= 0.6 is 0 Å². The van der Waals surface area contributed by atoms with Crippen LogP contribution in [0.4, 0.5) is 0 Å². The van der Waals surface area contributed by atoms with Crippen molar-refractivity contribution < 1.29 is 34.1 Å². The highest BCUT2D eigenvalue weighted by Crippen LogP contribution is 2.38. The average molecular weight is 342 g/mol. The van der Waals surface area contributed by atoms with Crippen LogP contribution in [-0.4, -0.2) is 40.0 Å². The number of rotatable bonds is 11. The van der Waals surface area contributed by atoms with Gasteiger partial charge in [-0.25, -0.2) is 0 Å². The Bertz CT molecular complexity index is 472. The van der Waals surface area contributed by atoms with Crippen molar-refractivity contribution in [1.29, 1.82) is 0 Å². The first-order valence-corrected chi connectivity index (χ1v) is 8.44. The standard InChI is InChI=1S/C17H26O7/c1-11(18)24-15-10-14(19)12(13(15)8-9-17(22)23)6-4-2-3-5-7-16(20)21/h12-13,15H,2-10H2,1H3,(H,20,21)(H,22,23). The van der Waals surface area contributed by atoms with Crippen LogP contribution < -0.4 is 0 Å². The topological polar surface area (TPSA) is 118 Å². The number of hydrogen-bond donors (Lipinski definition) is 2. The molecule has 1 aliphatic carbocycles. The molecule has 1 saturated carbocycles. The van der Waals surface area contributed by atoms with Gasteiger partial charge in [0.1, 0.15) is 11.9 Å². The first kappa shape index (κ1) is 20.1. The van der Waals surface area contributed by atoms with Gasteiger partial charge in [-0.3, -0.25) is 19.2 Å². The van der Waals surface area contributed by atoms with Gasteiger partial charge in [0.25, 0.3) is 0 Å². The average Bonchev–Trinajstić information content (AvgIpc) is 2.74.